The molecule has 1 N–H and O–H groups in total. The van der Waals surface area contributed by atoms with Gasteiger partial charge in [0.25, 0.3) is 0 Å². The molecule has 0 aliphatic rings. The third-order valence-electron chi connectivity index (χ3n) is 1.02. The van der Waals surface area contributed by atoms with Gasteiger partial charge >= 0.3 is 17.9 Å². The predicted octanol–water partition coefficient (Wildman–Crippen LogP) is 1.47. The highest BCUT2D eigenvalue weighted by atomic mass is 16.6. The number of esters is 2. The van der Waals surface area contributed by atoms with Gasteiger partial charge in [-0.1, -0.05) is 18.7 Å². The normalized spacial score (nSPS) is 7.75. The molecule has 0 unspecified atom stereocenters. The highest BCUT2D eigenvalue weighted by Crippen LogP contribution is 1.91. The van der Waals surface area contributed by atoms with E-state index in [9.17, 15) is 14.4 Å². The summed E-state index contributed by atoms with van der Waals surface area (Å²) in [5.41, 5.74) is 0. The number of carbonyl (C=O) groups is 3. The van der Waals surface area contributed by atoms with Gasteiger partial charge in [-0.15, -0.1) is 13.2 Å². The number of aliphatic carboxylic acids is 1. The first-order valence-corrected chi connectivity index (χ1v) is 4.28. The van der Waals surface area contributed by atoms with Crippen molar-refractivity contribution >= 4 is 17.9 Å². The van der Waals surface area contributed by atoms with Crippen LogP contribution in [0.2, 0.25) is 0 Å². The minimum atomic E-state index is -0.981. The van der Waals surface area contributed by atoms with E-state index in [1.807, 2.05) is 0 Å². The first kappa shape index (κ1) is 16.3. The Labute approximate surface area is 93.7 Å². The van der Waals surface area contributed by atoms with Crippen molar-refractivity contribution < 1.29 is 24.2 Å². The van der Waals surface area contributed by atoms with Gasteiger partial charge in [-0.3, -0.25) is 9.59 Å². The molecule has 0 aromatic heterocycles. The summed E-state index contributed by atoms with van der Waals surface area (Å²) in [7, 11) is 0. The number of rotatable bonds is 5. The van der Waals surface area contributed by atoms with E-state index in [1.54, 1.807) is 0 Å². The minimum Gasteiger partial charge on any atom is -0.478 e. The van der Waals surface area contributed by atoms with Crippen LogP contribution in [-0.4, -0.2) is 23.0 Å². The van der Waals surface area contributed by atoms with Gasteiger partial charge in [0.2, 0.25) is 0 Å². The van der Waals surface area contributed by atoms with Crippen molar-refractivity contribution in [3.8, 4) is 0 Å². The standard InChI is InChI=1S/C8H10O3.C3H4O2/c1-3-5-7(9)11-8(10)6-4-2;1-2-3(4)5/h3-4H,1-2,5-6H2;2H,1H2,(H,4,5). The molecule has 0 aromatic carbocycles. The van der Waals surface area contributed by atoms with Crippen LogP contribution in [0, 0.1) is 0 Å². The molecule has 88 valence electrons. The summed E-state index contributed by atoms with van der Waals surface area (Å²) in [6.07, 6.45) is 3.71. The van der Waals surface area contributed by atoms with Crippen LogP contribution in [0.25, 0.3) is 0 Å². The molecule has 0 bridgehead atoms. The largest absolute Gasteiger partial charge is 0.478 e. The molecule has 0 spiro atoms. The van der Waals surface area contributed by atoms with Crippen LogP contribution in [-0.2, 0) is 19.1 Å². The lowest BCUT2D eigenvalue weighted by molar-refractivity contribution is -0.158. The monoisotopic (exact) mass is 226 g/mol. The molecule has 0 saturated carbocycles. The average Bonchev–Trinajstić information content (AvgIpc) is 2.19. The van der Waals surface area contributed by atoms with E-state index in [1.165, 1.54) is 12.2 Å². The summed E-state index contributed by atoms with van der Waals surface area (Å²) < 4.78 is 4.31. The van der Waals surface area contributed by atoms with Crippen molar-refractivity contribution in [3.63, 3.8) is 0 Å². The highest BCUT2D eigenvalue weighted by molar-refractivity contribution is 5.86. The Hall–Kier alpha value is -2.17. The molecule has 0 fully saturated rings. The Morgan fingerprint density at radius 2 is 1.31 bits per heavy atom. The van der Waals surface area contributed by atoms with E-state index >= 15 is 0 Å². The van der Waals surface area contributed by atoms with Gasteiger partial charge in [-0.25, -0.2) is 4.79 Å². The SMILES string of the molecule is C=CC(=O)O.C=CCC(=O)OC(=O)CC=C. The van der Waals surface area contributed by atoms with E-state index in [0.29, 0.717) is 0 Å². The summed E-state index contributed by atoms with van der Waals surface area (Å²) in [5.74, 6) is -2.14. The third-order valence-corrected chi connectivity index (χ3v) is 1.02. The van der Waals surface area contributed by atoms with Crippen molar-refractivity contribution in [3.05, 3.63) is 38.0 Å². The van der Waals surface area contributed by atoms with E-state index in [4.69, 9.17) is 5.11 Å². The van der Waals surface area contributed by atoms with E-state index in [2.05, 4.69) is 24.5 Å². The van der Waals surface area contributed by atoms with Crippen molar-refractivity contribution in [2.75, 3.05) is 0 Å². The molecule has 16 heavy (non-hydrogen) atoms. The summed E-state index contributed by atoms with van der Waals surface area (Å²) >= 11 is 0. The smallest absolute Gasteiger partial charge is 0.327 e. The number of carboxylic acids is 1. The second-order valence-corrected chi connectivity index (χ2v) is 2.37. The van der Waals surface area contributed by atoms with Crippen molar-refractivity contribution in [1.29, 1.82) is 0 Å². The maximum absolute atomic E-state index is 10.6. The molecular weight excluding hydrogens is 212 g/mol. The second kappa shape index (κ2) is 10.9. The van der Waals surface area contributed by atoms with E-state index in [-0.39, 0.29) is 12.8 Å². The Morgan fingerprint density at radius 3 is 1.50 bits per heavy atom. The molecule has 0 heterocycles. The van der Waals surface area contributed by atoms with Crippen LogP contribution in [0.1, 0.15) is 12.8 Å². The zero-order valence-corrected chi connectivity index (χ0v) is 8.85. The van der Waals surface area contributed by atoms with Crippen LogP contribution in [0.4, 0.5) is 0 Å². The molecule has 0 aromatic rings. The lowest BCUT2D eigenvalue weighted by Crippen LogP contribution is -2.09. The first-order valence-electron chi connectivity index (χ1n) is 4.28. The molecular formula is C11H14O5. The number of hydrogen-bond acceptors (Lipinski definition) is 4. The summed E-state index contributed by atoms with van der Waals surface area (Å²) in [4.78, 5) is 30.4. The molecule has 5 heteroatoms. The van der Waals surface area contributed by atoms with Crippen molar-refractivity contribution in [1.82, 2.24) is 0 Å². The maximum atomic E-state index is 10.6. The molecule has 5 nitrogen and oxygen atoms in total. The van der Waals surface area contributed by atoms with Gasteiger partial charge < -0.3 is 9.84 Å². The quantitative estimate of drug-likeness (QED) is 0.332. The summed E-state index contributed by atoms with van der Waals surface area (Å²) in [6, 6.07) is 0. The zero-order chi connectivity index (χ0) is 13.0. The Morgan fingerprint density at radius 1 is 1.00 bits per heavy atom. The molecule has 0 saturated heterocycles. The molecule has 0 radical (unpaired) electrons. The third kappa shape index (κ3) is 14.4. The lowest BCUT2D eigenvalue weighted by Gasteiger charge is -1.96. The Kier molecular flexibility index (Phi) is 11.1. The Bertz CT molecular complexity index is 271. The van der Waals surface area contributed by atoms with Crippen LogP contribution in [0.5, 0.6) is 0 Å². The molecule has 0 atom stereocenters. The van der Waals surface area contributed by atoms with Gasteiger partial charge in [0.1, 0.15) is 0 Å². The zero-order valence-electron chi connectivity index (χ0n) is 8.85. The highest BCUT2D eigenvalue weighted by Gasteiger charge is 2.05. The fourth-order valence-electron chi connectivity index (χ4n) is 0.446. The van der Waals surface area contributed by atoms with E-state index in [0.717, 1.165) is 6.08 Å². The number of carbonyl (C=O) groups excluding carboxylic acids is 2. The van der Waals surface area contributed by atoms with Crippen molar-refractivity contribution in [2.45, 2.75) is 12.8 Å². The molecule has 0 aliphatic heterocycles. The van der Waals surface area contributed by atoms with Gasteiger partial charge in [0.05, 0.1) is 12.8 Å². The lowest BCUT2D eigenvalue weighted by atomic mass is 10.4. The molecule has 0 rings (SSSR count). The first-order chi connectivity index (χ1) is 7.47. The van der Waals surface area contributed by atoms with E-state index < -0.39 is 17.9 Å². The number of hydrogen-bond donors (Lipinski definition) is 1. The fraction of sp³-hybridized carbons (Fsp3) is 0.182. The topological polar surface area (TPSA) is 80.7 Å². The number of ether oxygens (including phenoxy) is 1. The molecule has 0 amide bonds. The second-order valence-electron chi connectivity index (χ2n) is 2.37. The average molecular weight is 226 g/mol. The fourth-order valence-corrected chi connectivity index (χ4v) is 0.446. The summed E-state index contributed by atoms with van der Waals surface area (Å²) in [6.45, 7) is 9.60. The van der Waals surface area contributed by atoms with Gasteiger partial charge in [-0.2, -0.15) is 0 Å². The van der Waals surface area contributed by atoms with Crippen molar-refractivity contribution in [2.24, 2.45) is 0 Å². The van der Waals surface area contributed by atoms with Gasteiger partial charge in [0, 0.05) is 6.08 Å². The molecule has 0 aliphatic carbocycles. The van der Waals surface area contributed by atoms with Crippen LogP contribution in [0.3, 0.4) is 0 Å². The summed E-state index contributed by atoms with van der Waals surface area (Å²) in [5, 5.41) is 7.60. The van der Waals surface area contributed by atoms with Gasteiger partial charge in [0.15, 0.2) is 0 Å². The van der Waals surface area contributed by atoms with Crippen LogP contribution >= 0.6 is 0 Å². The maximum Gasteiger partial charge on any atom is 0.327 e. The van der Waals surface area contributed by atoms with Gasteiger partial charge in [-0.05, 0) is 0 Å². The van der Waals surface area contributed by atoms with Crippen LogP contribution in [0.15, 0.2) is 38.0 Å². The number of carboxylic acid groups (broad SMARTS) is 1. The predicted molar refractivity (Wildman–Crippen MR) is 58.6 cm³/mol. The minimum absolute atomic E-state index is 0.0584. The van der Waals surface area contributed by atoms with Crippen LogP contribution < -0.4 is 0 Å². The Balaban J connectivity index is 0.